The van der Waals surface area contributed by atoms with E-state index in [-0.39, 0.29) is 6.10 Å². The molecule has 16 heavy (non-hydrogen) atoms. The molecule has 2 aromatic heterocycles. The van der Waals surface area contributed by atoms with Crippen LogP contribution in [0, 0.1) is 0 Å². The third kappa shape index (κ3) is 1.34. The minimum atomic E-state index is -0.413. The van der Waals surface area contributed by atoms with Crippen LogP contribution in [0.3, 0.4) is 0 Å². The van der Waals surface area contributed by atoms with Gasteiger partial charge < -0.3 is 10.8 Å². The van der Waals surface area contributed by atoms with E-state index < -0.39 is 5.69 Å². The molecule has 0 radical (unpaired) electrons. The molecule has 3 rings (SSSR count). The van der Waals surface area contributed by atoms with E-state index in [4.69, 9.17) is 5.73 Å². The highest BCUT2D eigenvalue weighted by Crippen LogP contribution is 2.36. The van der Waals surface area contributed by atoms with Gasteiger partial charge in [0, 0.05) is 11.3 Å². The van der Waals surface area contributed by atoms with Gasteiger partial charge in [0.15, 0.2) is 0 Å². The average molecular weight is 237 g/mol. The Balaban J connectivity index is 2.33. The highest BCUT2D eigenvalue weighted by atomic mass is 32.1. The van der Waals surface area contributed by atoms with Gasteiger partial charge in [-0.05, 0) is 18.4 Å². The van der Waals surface area contributed by atoms with Crippen LogP contribution in [0.5, 0.6) is 0 Å². The molecule has 4 N–H and O–H groups in total. The number of nitrogens with one attached hydrogen (secondary N) is 1. The zero-order chi connectivity index (χ0) is 11.3. The van der Waals surface area contributed by atoms with E-state index in [0.29, 0.717) is 17.1 Å². The molecule has 0 unspecified atom stereocenters. The number of nitrogens with zero attached hydrogens (tertiary/aromatic N) is 1. The van der Waals surface area contributed by atoms with E-state index in [9.17, 15) is 9.90 Å². The van der Waals surface area contributed by atoms with Crippen LogP contribution in [-0.2, 0) is 12.8 Å². The van der Waals surface area contributed by atoms with Crippen LogP contribution in [0.15, 0.2) is 4.79 Å². The summed E-state index contributed by atoms with van der Waals surface area (Å²) in [6.07, 6.45) is 1.91. The van der Waals surface area contributed by atoms with Crippen molar-refractivity contribution in [2.24, 2.45) is 0 Å². The Kier molecular flexibility index (Phi) is 2.02. The average Bonchev–Trinajstić information content (AvgIpc) is 2.54. The summed E-state index contributed by atoms with van der Waals surface area (Å²) in [4.78, 5) is 19.4. The molecule has 6 heteroatoms. The van der Waals surface area contributed by atoms with E-state index in [0.717, 1.165) is 28.7 Å². The number of aromatic nitrogens is 2. The fraction of sp³-hybridized carbons (Fsp3) is 0.400. The number of H-pyrrole nitrogens is 1. The summed E-state index contributed by atoms with van der Waals surface area (Å²) in [6.45, 7) is 0. The topological polar surface area (TPSA) is 92.0 Å². The zero-order valence-corrected chi connectivity index (χ0v) is 9.30. The number of hydrogen-bond acceptors (Lipinski definition) is 5. The summed E-state index contributed by atoms with van der Waals surface area (Å²) in [5.74, 6) is 0.392. The van der Waals surface area contributed by atoms with Gasteiger partial charge in [-0.25, -0.2) is 4.79 Å². The molecule has 1 atom stereocenters. The molecule has 0 fully saturated rings. The molecule has 2 heterocycles. The van der Waals surface area contributed by atoms with Gasteiger partial charge in [0.05, 0.1) is 11.5 Å². The lowest BCUT2D eigenvalue weighted by Crippen LogP contribution is -2.17. The van der Waals surface area contributed by atoms with Gasteiger partial charge in [0.25, 0.3) is 0 Å². The molecule has 0 amide bonds. The Bertz CT molecular complexity index is 616. The quantitative estimate of drug-likeness (QED) is 0.619. The smallest absolute Gasteiger partial charge is 0.347 e. The molecule has 0 saturated carbocycles. The van der Waals surface area contributed by atoms with Crippen LogP contribution in [0.1, 0.15) is 16.9 Å². The van der Waals surface area contributed by atoms with Crippen LogP contribution in [0.4, 0.5) is 5.82 Å². The summed E-state index contributed by atoms with van der Waals surface area (Å²) < 4.78 is 0. The van der Waals surface area contributed by atoms with E-state index in [1.807, 2.05) is 0 Å². The van der Waals surface area contributed by atoms with Crippen molar-refractivity contribution < 1.29 is 5.11 Å². The number of aliphatic hydroxyl groups excluding tert-OH is 1. The van der Waals surface area contributed by atoms with Gasteiger partial charge >= 0.3 is 5.69 Å². The van der Waals surface area contributed by atoms with Crippen molar-refractivity contribution in [1.82, 2.24) is 9.97 Å². The number of aromatic amines is 1. The van der Waals surface area contributed by atoms with Crippen LogP contribution in [0.25, 0.3) is 10.2 Å². The maximum Gasteiger partial charge on any atom is 0.347 e. The van der Waals surface area contributed by atoms with Crippen molar-refractivity contribution in [3.63, 3.8) is 0 Å². The Morgan fingerprint density at radius 2 is 2.38 bits per heavy atom. The number of thiophene rings is 1. The van der Waals surface area contributed by atoms with E-state index in [2.05, 4.69) is 9.97 Å². The maximum absolute atomic E-state index is 11.2. The number of aryl methyl sites for hydroxylation is 1. The first kappa shape index (κ1) is 9.80. The Morgan fingerprint density at radius 1 is 1.56 bits per heavy atom. The van der Waals surface area contributed by atoms with E-state index >= 15 is 0 Å². The lowest BCUT2D eigenvalue weighted by molar-refractivity contribution is 0.160. The van der Waals surface area contributed by atoms with Crippen molar-refractivity contribution in [1.29, 1.82) is 0 Å². The first-order valence-corrected chi connectivity index (χ1v) is 5.95. The van der Waals surface area contributed by atoms with Gasteiger partial charge in [-0.3, -0.25) is 4.98 Å². The molecular weight excluding hydrogens is 226 g/mol. The number of anilines is 1. The molecule has 2 aromatic rings. The van der Waals surface area contributed by atoms with Gasteiger partial charge in [-0.15, -0.1) is 11.3 Å². The van der Waals surface area contributed by atoms with E-state index in [1.54, 1.807) is 0 Å². The molecule has 1 aliphatic rings. The predicted molar refractivity (Wildman–Crippen MR) is 62.7 cm³/mol. The monoisotopic (exact) mass is 237 g/mol. The van der Waals surface area contributed by atoms with Gasteiger partial charge in [0.2, 0.25) is 0 Å². The van der Waals surface area contributed by atoms with Crippen LogP contribution in [0.2, 0.25) is 0 Å². The molecule has 1 aliphatic carbocycles. The Labute approximate surface area is 94.9 Å². The minimum absolute atomic E-state index is 0.280. The van der Waals surface area contributed by atoms with Crippen LogP contribution in [-0.4, -0.2) is 21.2 Å². The van der Waals surface area contributed by atoms with Gasteiger partial charge in [-0.2, -0.15) is 4.98 Å². The Hall–Kier alpha value is -1.40. The van der Waals surface area contributed by atoms with Crippen molar-refractivity contribution in [2.75, 3.05) is 5.73 Å². The third-order valence-corrected chi connectivity index (χ3v) is 4.08. The first-order valence-electron chi connectivity index (χ1n) is 5.13. The number of nitrogens with two attached hydrogens (primary N) is 1. The third-order valence-electron chi connectivity index (χ3n) is 2.93. The number of nitrogen functional groups attached to an aromatic ring is 1. The number of fused-ring (bicyclic) bond motifs is 3. The summed E-state index contributed by atoms with van der Waals surface area (Å²) >= 11 is 1.46. The fourth-order valence-corrected chi connectivity index (χ4v) is 3.51. The summed E-state index contributed by atoms with van der Waals surface area (Å²) in [7, 11) is 0. The molecule has 5 nitrogen and oxygen atoms in total. The standard InChI is InChI=1S/C10H11N3O2S/c11-8-7-5-2-1-4(14)3-6(5)16-9(7)13-10(15)12-8/h4,14H,1-3H2,(H3,11,12,13,15)/t4-/m1/s1. The largest absolute Gasteiger partial charge is 0.393 e. The summed E-state index contributed by atoms with van der Waals surface area (Å²) in [6, 6.07) is 0. The highest BCUT2D eigenvalue weighted by Gasteiger charge is 2.23. The second-order valence-corrected chi connectivity index (χ2v) is 5.12. The lowest BCUT2D eigenvalue weighted by Gasteiger charge is -2.16. The minimum Gasteiger partial charge on any atom is -0.393 e. The second-order valence-electron chi connectivity index (χ2n) is 4.04. The molecule has 0 aromatic carbocycles. The highest BCUT2D eigenvalue weighted by molar-refractivity contribution is 7.19. The van der Waals surface area contributed by atoms with Gasteiger partial charge in [0.1, 0.15) is 10.6 Å². The fourth-order valence-electron chi connectivity index (χ4n) is 2.21. The second kappa shape index (κ2) is 3.29. The molecule has 0 aliphatic heterocycles. The van der Waals surface area contributed by atoms with Crippen LogP contribution < -0.4 is 11.4 Å². The molecule has 0 bridgehead atoms. The number of hydrogen-bond donors (Lipinski definition) is 3. The van der Waals surface area contributed by atoms with Crippen molar-refractivity contribution in [2.45, 2.75) is 25.4 Å². The van der Waals surface area contributed by atoms with Crippen LogP contribution >= 0.6 is 11.3 Å². The summed E-state index contributed by atoms with van der Waals surface area (Å²) in [5.41, 5.74) is 6.54. The molecular formula is C10H11N3O2S. The van der Waals surface area contributed by atoms with Crippen molar-refractivity contribution in [3.8, 4) is 0 Å². The first-order chi connectivity index (χ1) is 7.65. The number of rotatable bonds is 0. The lowest BCUT2D eigenvalue weighted by atomic mass is 9.95. The number of aliphatic hydroxyl groups is 1. The molecule has 0 saturated heterocycles. The van der Waals surface area contributed by atoms with Crippen molar-refractivity contribution in [3.05, 3.63) is 20.9 Å². The molecule has 0 spiro atoms. The molecule has 84 valence electrons. The van der Waals surface area contributed by atoms with E-state index in [1.165, 1.54) is 11.3 Å². The zero-order valence-electron chi connectivity index (χ0n) is 8.49. The maximum atomic E-state index is 11.2. The predicted octanol–water partition coefficient (Wildman–Crippen LogP) is 0.416. The normalized spacial score (nSPS) is 19.9. The Morgan fingerprint density at radius 3 is 3.19 bits per heavy atom. The van der Waals surface area contributed by atoms with Crippen molar-refractivity contribution >= 4 is 27.4 Å². The summed E-state index contributed by atoms with van der Waals surface area (Å²) in [5, 5.41) is 10.5. The SMILES string of the molecule is Nc1[nH]c(=O)nc2sc3c(c12)CC[C@@H](O)C3. The van der Waals surface area contributed by atoms with Gasteiger partial charge in [-0.1, -0.05) is 0 Å².